The molecule has 2 aromatic carbocycles. The SMILES string of the molecule is O=C(COc1ccc(C(=O)CN2CCN(c3ccncc3)CC2)cc1)NCc1ccccc1. The summed E-state index contributed by atoms with van der Waals surface area (Å²) in [6, 6.07) is 20.7. The van der Waals surface area contributed by atoms with Crippen molar-refractivity contribution in [1.82, 2.24) is 15.2 Å². The van der Waals surface area contributed by atoms with Gasteiger partial charge >= 0.3 is 0 Å². The fraction of sp³-hybridized carbons (Fsp3) is 0.269. The maximum atomic E-state index is 12.7. The zero-order valence-electron chi connectivity index (χ0n) is 18.5. The second kappa shape index (κ2) is 11.2. The highest BCUT2D eigenvalue weighted by molar-refractivity contribution is 5.97. The second-order valence-electron chi connectivity index (χ2n) is 7.97. The second-order valence-corrected chi connectivity index (χ2v) is 7.97. The van der Waals surface area contributed by atoms with Gasteiger partial charge in [-0.15, -0.1) is 0 Å². The lowest BCUT2D eigenvalue weighted by Crippen LogP contribution is -2.48. The van der Waals surface area contributed by atoms with Crippen molar-refractivity contribution in [2.45, 2.75) is 6.54 Å². The van der Waals surface area contributed by atoms with Crippen LogP contribution in [0.3, 0.4) is 0 Å². The number of piperazine rings is 1. The molecule has 0 aliphatic carbocycles. The number of pyridine rings is 1. The van der Waals surface area contributed by atoms with Gasteiger partial charge in [0.05, 0.1) is 6.54 Å². The average molecular weight is 445 g/mol. The van der Waals surface area contributed by atoms with Gasteiger partial charge in [-0.25, -0.2) is 0 Å². The van der Waals surface area contributed by atoms with E-state index in [1.165, 1.54) is 5.69 Å². The molecule has 3 aromatic rings. The highest BCUT2D eigenvalue weighted by Gasteiger charge is 2.20. The number of hydrogen-bond donors (Lipinski definition) is 1. The number of aromatic nitrogens is 1. The van der Waals surface area contributed by atoms with Gasteiger partial charge in [0.15, 0.2) is 12.4 Å². The molecule has 7 heteroatoms. The van der Waals surface area contributed by atoms with E-state index >= 15 is 0 Å². The number of benzene rings is 2. The number of rotatable bonds is 9. The zero-order valence-corrected chi connectivity index (χ0v) is 18.5. The number of amides is 1. The number of hydrogen-bond acceptors (Lipinski definition) is 6. The average Bonchev–Trinajstić information content (AvgIpc) is 2.88. The summed E-state index contributed by atoms with van der Waals surface area (Å²) in [5.41, 5.74) is 2.85. The molecule has 0 atom stereocenters. The molecule has 1 aliphatic heterocycles. The van der Waals surface area contributed by atoms with Crippen molar-refractivity contribution in [3.63, 3.8) is 0 Å². The molecule has 33 heavy (non-hydrogen) atoms. The maximum absolute atomic E-state index is 12.7. The molecule has 1 fully saturated rings. The molecule has 0 bridgehead atoms. The molecule has 1 amide bonds. The summed E-state index contributed by atoms with van der Waals surface area (Å²) in [4.78, 5) is 33.2. The Morgan fingerprint density at radius 2 is 1.58 bits per heavy atom. The first-order valence-electron chi connectivity index (χ1n) is 11.1. The first-order chi connectivity index (χ1) is 16.2. The Morgan fingerprint density at radius 1 is 0.879 bits per heavy atom. The normalized spacial score (nSPS) is 14.0. The molecule has 0 spiro atoms. The summed E-state index contributed by atoms with van der Waals surface area (Å²) < 4.78 is 5.55. The van der Waals surface area contributed by atoms with Crippen LogP contribution in [-0.4, -0.2) is 60.9 Å². The van der Waals surface area contributed by atoms with E-state index in [1.807, 2.05) is 42.5 Å². The first kappa shape index (κ1) is 22.5. The van der Waals surface area contributed by atoms with Crippen molar-refractivity contribution < 1.29 is 14.3 Å². The molecule has 4 rings (SSSR count). The third kappa shape index (κ3) is 6.63. The van der Waals surface area contributed by atoms with Gasteiger partial charge in [-0.3, -0.25) is 19.5 Å². The number of ether oxygens (including phenoxy) is 1. The molecule has 0 radical (unpaired) electrons. The fourth-order valence-electron chi connectivity index (χ4n) is 3.75. The van der Waals surface area contributed by atoms with E-state index in [9.17, 15) is 9.59 Å². The van der Waals surface area contributed by atoms with Gasteiger partial charge in [0.1, 0.15) is 5.75 Å². The van der Waals surface area contributed by atoms with Gasteiger partial charge in [-0.1, -0.05) is 30.3 Å². The molecular weight excluding hydrogens is 416 g/mol. The quantitative estimate of drug-likeness (QED) is 0.512. The van der Waals surface area contributed by atoms with Gasteiger partial charge in [0.25, 0.3) is 5.91 Å². The van der Waals surface area contributed by atoms with Crippen LogP contribution in [0.15, 0.2) is 79.1 Å². The number of carbonyl (C=O) groups excluding carboxylic acids is 2. The molecule has 1 aliphatic rings. The molecule has 1 saturated heterocycles. The summed E-state index contributed by atoms with van der Waals surface area (Å²) in [5.74, 6) is 0.455. The van der Waals surface area contributed by atoms with Crippen LogP contribution in [0.1, 0.15) is 15.9 Å². The predicted molar refractivity (Wildman–Crippen MR) is 127 cm³/mol. The molecule has 1 aromatic heterocycles. The van der Waals surface area contributed by atoms with Crippen LogP contribution in [0.4, 0.5) is 5.69 Å². The molecule has 0 saturated carbocycles. The van der Waals surface area contributed by atoms with Crippen molar-refractivity contribution >= 4 is 17.4 Å². The number of anilines is 1. The van der Waals surface area contributed by atoms with Crippen molar-refractivity contribution in [2.75, 3.05) is 44.2 Å². The number of nitrogens with one attached hydrogen (secondary N) is 1. The lowest BCUT2D eigenvalue weighted by Gasteiger charge is -2.35. The number of Topliss-reactive ketones (excluding diaryl/α,β-unsaturated/α-hetero) is 1. The predicted octanol–water partition coefficient (Wildman–Crippen LogP) is 2.78. The third-order valence-corrected chi connectivity index (χ3v) is 5.65. The van der Waals surface area contributed by atoms with E-state index in [4.69, 9.17) is 4.74 Å². The molecule has 2 heterocycles. The van der Waals surface area contributed by atoms with E-state index in [0.717, 1.165) is 31.7 Å². The van der Waals surface area contributed by atoms with E-state index in [1.54, 1.807) is 36.7 Å². The molecule has 170 valence electrons. The van der Waals surface area contributed by atoms with Crippen molar-refractivity contribution in [3.05, 3.63) is 90.3 Å². The fourth-order valence-corrected chi connectivity index (χ4v) is 3.75. The van der Waals surface area contributed by atoms with Crippen LogP contribution in [0, 0.1) is 0 Å². The minimum Gasteiger partial charge on any atom is -0.484 e. The van der Waals surface area contributed by atoms with Crippen LogP contribution < -0.4 is 15.0 Å². The number of nitrogens with zero attached hydrogens (tertiary/aromatic N) is 3. The summed E-state index contributed by atoms with van der Waals surface area (Å²) in [5, 5.41) is 2.83. The lowest BCUT2D eigenvalue weighted by molar-refractivity contribution is -0.123. The Morgan fingerprint density at radius 3 is 2.27 bits per heavy atom. The van der Waals surface area contributed by atoms with Crippen LogP contribution in [0.2, 0.25) is 0 Å². The summed E-state index contributed by atoms with van der Waals surface area (Å²) in [6.07, 6.45) is 3.60. The molecule has 1 N–H and O–H groups in total. The Balaban J connectivity index is 1.19. The number of carbonyl (C=O) groups is 2. The van der Waals surface area contributed by atoms with Crippen LogP contribution in [0.25, 0.3) is 0 Å². The smallest absolute Gasteiger partial charge is 0.258 e. The molecule has 7 nitrogen and oxygen atoms in total. The van der Waals surface area contributed by atoms with Gasteiger partial charge in [0, 0.05) is 56.4 Å². The largest absolute Gasteiger partial charge is 0.484 e. The van der Waals surface area contributed by atoms with Crippen molar-refractivity contribution in [2.24, 2.45) is 0 Å². The van der Waals surface area contributed by atoms with Crippen LogP contribution in [-0.2, 0) is 11.3 Å². The Labute approximate surface area is 194 Å². The van der Waals surface area contributed by atoms with E-state index in [-0.39, 0.29) is 18.3 Å². The summed E-state index contributed by atoms with van der Waals surface area (Å²) >= 11 is 0. The highest BCUT2D eigenvalue weighted by atomic mass is 16.5. The Kier molecular flexibility index (Phi) is 7.66. The Bertz CT molecular complexity index is 1030. The molecular formula is C26H28N4O3. The lowest BCUT2D eigenvalue weighted by atomic mass is 10.1. The summed E-state index contributed by atoms with van der Waals surface area (Å²) in [6.45, 7) is 4.25. The van der Waals surface area contributed by atoms with Crippen molar-refractivity contribution in [3.8, 4) is 5.75 Å². The minimum atomic E-state index is -0.190. The van der Waals surface area contributed by atoms with Crippen molar-refractivity contribution in [1.29, 1.82) is 0 Å². The van der Waals surface area contributed by atoms with E-state index < -0.39 is 0 Å². The van der Waals surface area contributed by atoms with Gasteiger partial charge in [-0.05, 0) is 42.0 Å². The first-order valence-corrected chi connectivity index (χ1v) is 11.1. The minimum absolute atomic E-state index is 0.0676. The monoisotopic (exact) mass is 444 g/mol. The molecule has 0 unspecified atom stereocenters. The third-order valence-electron chi connectivity index (χ3n) is 5.65. The van der Waals surface area contributed by atoms with Gasteiger partial charge < -0.3 is 15.0 Å². The van der Waals surface area contributed by atoms with Gasteiger partial charge in [0.2, 0.25) is 0 Å². The highest BCUT2D eigenvalue weighted by Crippen LogP contribution is 2.16. The van der Waals surface area contributed by atoms with E-state index in [0.29, 0.717) is 24.4 Å². The Hall–Kier alpha value is -3.71. The zero-order chi connectivity index (χ0) is 22.9. The number of ketones is 1. The maximum Gasteiger partial charge on any atom is 0.258 e. The topological polar surface area (TPSA) is 74.8 Å². The van der Waals surface area contributed by atoms with Crippen LogP contribution in [0.5, 0.6) is 5.75 Å². The summed E-state index contributed by atoms with van der Waals surface area (Å²) in [7, 11) is 0. The van der Waals surface area contributed by atoms with Gasteiger partial charge in [-0.2, -0.15) is 0 Å². The standard InChI is InChI=1S/C26H28N4O3/c31-25(19-29-14-16-30(17-15-29)23-10-12-27-13-11-23)22-6-8-24(9-7-22)33-20-26(32)28-18-21-4-2-1-3-5-21/h1-13H,14-20H2,(H,28,32). The van der Waals surface area contributed by atoms with E-state index in [2.05, 4.69) is 20.1 Å². The van der Waals surface area contributed by atoms with Crippen LogP contribution >= 0.6 is 0 Å².